The first-order chi connectivity index (χ1) is 8.10. The van der Waals surface area contributed by atoms with Crippen molar-refractivity contribution in [2.45, 2.75) is 13.0 Å². The standard InChI is InChI=1S/C9H12N4O4/c1-10-8(14)2-6-3-12-4-7(13(15)16)11-9(12)17-5-6/h4,6H,2-3,5H2,1H3,(H,10,14)/t6-/m0/s1. The summed E-state index contributed by atoms with van der Waals surface area (Å²) in [6.07, 6.45) is 1.66. The summed E-state index contributed by atoms with van der Waals surface area (Å²) in [5, 5.41) is 13.1. The smallest absolute Gasteiger partial charge is 0.414 e. The second kappa shape index (κ2) is 4.40. The largest absolute Gasteiger partial charge is 0.445 e. The van der Waals surface area contributed by atoms with Crippen LogP contribution in [-0.4, -0.2) is 34.0 Å². The van der Waals surface area contributed by atoms with E-state index in [2.05, 4.69) is 10.3 Å². The first kappa shape index (κ1) is 11.4. The van der Waals surface area contributed by atoms with Crippen molar-refractivity contribution in [1.82, 2.24) is 14.9 Å². The molecule has 1 aromatic rings. The van der Waals surface area contributed by atoms with Crippen molar-refractivity contribution in [2.75, 3.05) is 13.7 Å². The zero-order valence-electron chi connectivity index (χ0n) is 9.25. The number of nitro groups is 1. The third-order valence-electron chi connectivity index (χ3n) is 2.57. The summed E-state index contributed by atoms with van der Waals surface area (Å²) in [7, 11) is 1.57. The average Bonchev–Trinajstić information content (AvgIpc) is 2.72. The number of imidazole rings is 1. The van der Waals surface area contributed by atoms with Gasteiger partial charge < -0.3 is 20.2 Å². The van der Waals surface area contributed by atoms with Gasteiger partial charge in [-0.3, -0.25) is 9.36 Å². The molecule has 0 radical (unpaired) electrons. The van der Waals surface area contributed by atoms with E-state index in [1.54, 1.807) is 11.6 Å². The molecule has 0 spiro atoms. The number of carbonyl (C=O) groups excluding carboxylic acids is 1. The molecule has 1 aliphatic heterocycles. The summed E-state index contributed by atoms with van der Waals surface area (Å²) in [6, 6.07) is 0.241. The molecule has 8 nitrogen and oxygen atoms in total. The Bertz CT molecular complexity index is 456. The monoisotopic (exact) mass is 240 g/mol. The maximum atomic E-state index is 11.2. The Kier molecular flexibility index (Phi) is 2.94. The average molecular weight is 240 g/mol. The molecule has 0 unspecified atom stereocenters. The molecule has 1 aliphatic rings. The van der Waals surface area contributed by atoms with Gasteiger partial charge in [0.15, 0.2) is 0 Å². The van der Waals surface area contributed by atoms with Crippen LogP contribution >= 0.6 is 0 Å². The highest BCUT2D eigenvalue weighted by molar-refractivity contribution is 5.75. The van der Waals surface area contributed by atoms with Crippen molar-refractivity contribution in [1.29, 1.82) is 0 Å². The molecule has 8 heteroatoms. The lowest BCUT2D eigenvalue weighted by molar-refractivity contribution is -0.389. The molecule has 92 valence electrons. The van der Waals surface area contributed by atoms with Crippen molar-refractivity contribution >= 4 is 11.7 Å². The summed E-state index contributed by atoms with van der Waals surface area (Å²) in [5.41, 5.74) is 0. The number of fused-ring (bicyclic) bond motifs is 1. The summed E-state index contributed by atoms with van der Waals surface area (Å²) < 4.78 is 6.84. The number of aromatic nitrogens is 2. The highest BCUT2D eigenvalue weighted by Crippen LogP contribution is 2.24. The van der Waals surface area contributed by atoms with Gasteiger partial charge in [-0.2, -0.15) is 0 Å². The van der Waals surface area contributed by atoms with E-state index < -0.39 is 4.92 Å². The van der Waals surface area contributed by atoms with Crippen LogP contribution in [0.2, 0.25) is 0 Å². The number of nitrogens with zero attached hydrogens (tertiary/aromatic N) is 3. The Hall–Kier alpha value is -2.12. The quantitative estimate of drug-likeness (QED) is 0.589. The molecular weight excluding hydrogens is 228 g/mol. The molecule has 0 bridgehead atoms. The molecule has 1 aromatic heterocycles. The molecule has 1 amide bonds. The third-order valence-corrected chi connectivity index (χ3v) is 2.57. The summed E-state index contributed by atoms with van der Waals surface area (Å²) in [4.78, 5) is 24.9. The van der Waals surface area contributed by atoms with Gasteiger partial charge in [0.2, 0.25) is 5.91 Å². The molecular formula is C9H12N4O4. The van der Waals surface area contributed by atoms with Gasteiger partial charge in [-0.1, -0.05) is 0 Å². The van der Waals surface area contributed by atoms with Gasteiger partial charge in [-0.25, -0.2) is 0 Å². The SMILES string of the molecule is CNC(=O)C[C@@H]1COc2nc([N+](=O)[O-])cn2C1. The minimum absolute atomic E-state index is 0.0104. The van der Waals surface area contributed by atoms with Crippen molar-refractivity contribution in [3.63, 3.8) is 0 Å². The molecule has 17 heavy (non-hydrogen) atoms. The molecule has 0 aliphatic carbocycles. The van der Waals surface area contributed by atoms with Crippen LogP contribution in [0.25, 0.3) is 0 Å². The first-order valence-electron chi connectivity index (χ1n) is 5.15. The van der Waals surface area contributed by atoms with E-state index in [4.69, 9.17) is 4.74 Å². The molecule has 2 heterocycles. The van der Waals surface area contributed by atoms with Gasteiger partial charge in [-0.05, 0) is 4.92 Å². The Morgan fingerprint density at radius 2 is 2.59 bits per heavy atom. The zero-order valence-corrected chi connectivity index (χ0v) is 9.25. The minimum atomic E-state index is -0.567. The number of rotatable bonds is 3. The third kappa shape index (κ3) is 2.35. The summed E-state index contributed by atoms with van der Waals surface area (Å²) in [6.45, 7) is 0.852. The van der Waals surface area contributed by atoms with Crippen LogP contribution in [0.3, 0.4) is 0 Å². The van der Waals surface area contributed by atoms with Crippen LogP contribution in [0.1, 0.15) is 6.42 Å². The Morgan fingerprint density at radius 1 is 1.82 bits per heavy atom. The molecule has 2 rings (SSSR count). The van der Waals surface area contributed by atoms with E-state index in [1.807, 2.05) is 0 Å². The second-order valence-corrected chi connectivity index (χ2v) is 3.85. The fourth-order valence-corrected chi connectivity index (χ4v) is 1.73. The first-order valence-corrected chi connectivity index (χ1v) is 5.15. The number of nitrogens with one attached hydrogen (secondary N) is 1. The number of hydrogen-bond acceptors (Lipinski definition) is 5. The van der Waals surface area contributed by atoms with Crippen molar-refractivity contribution in [3.05, 3.63) is 16.3 Å². The molecule has 0 fully saturated rings. The van der Waals surface area contributed by atoms with Gasteiger partial charge >= 0.3 is 11.8 Å². The molecule has 0 saturated heterocycles. The lowest BCUT2D eigenvalue weighted by Crippen LogP contribution is -2.30. The van der Waals surface area contributed by atoms with Gasteiger partial charge in [0.25, 0.3) is 0 Å². The number of amides is 1. The highest BCUT2D eigenvalue weighted by atomic mass is 16.6. The van der Waals surface area contributed by atoms with E-state index in [-0.39, 0.29) is 23.7 Å². The van der Waals surface area contributed by atoms with Crippen molar-refractivity contribution in [2.24, 2.45) is 5.92 Å². The zero-order chi connectivity index (χ0) is 12.4. The van der Waals surface area contributed by atoms with Gasteiger partial charge in [0, 0.05) is 30.9 Å². The van der Waals surface area contributed by atoms with Gasteiger partial charge in [0.1, 0.15) is 6.20 Å². The van der Waals surface area contributed by atoms with Crippen LogP contribution < -0.4 is 10.1 Å². The van der Waals surface area contributed by atoms with Gasteiger partial charge in [0.05, 0.1) is 6.61 Å². The highest BCUT2D eigenvalue weighted by Gasteiger charge is 2.28. The lowest BCUT2D eigenvalue weighted by atomic mass is 10.1. The van der Waals surface area contributed by atoms with Crippen LogP contribution in [0.15, 0.2) is 6.20 Å². The normalized spacial score (nSPS) is 18.1. The van der Waals surface area contributed by atoms with Crippen molar-refractivity contribution in [3.8, 4) is 6.01 Å². The number of carbonyl (C=O) groups is 1. The van der Waals surface area contributed by atoms with Crippen LogP contribution in [0.5, 0.6) is 6.01 Å². The molecule has 1 N–H and O–H groups in total. The Balaban J connectivity index is 2.08. The molecule has 0 saturated carbocycles. The summed E-state index contributed by atoms with van der Waals surface area (Å²) >= 11 is 0. The van der Waals surface area contributed by atoms with Crippen LogP contribution in [-0.2, 0) is 11.3 Å². The fourth-order valence-electron chi connectivity index (χ4n) is 1.73. The fraction of sp³-hybridized carbons (Fsp3) is 0.556. The minimum Gasteiger partial charge on any atom is -0.445 e. The molecule has 1 atom stereocenters. The Morgan fingerprint density at radius 3 is 3.24 bits per heavy atom. The maximum Gasteiger partial charge on any atom is 0.414 e. The van der Waals surface area contributed by atoms with Crippen LogP contribution in [0.4, 0.5) is 5.82 Å². The second-order valence-electron chi connectivity index (χ2n) is 3.85. The maximum absolute atomic E-state index is 11.2. The topological polar surface area (TPSA) is 99.3 Å². The van der Waals surface area contributed by atoms with E-state index >= 15 is 0 Å². The predicted octanol–water partition coefficient (Wildman–Crippen LogP) is -0.0640. The number of hydrogen-bond donors (Lipinski definition) is 1. The van der Waals surface area contributed by atoms with E-state index in [9.17, 15) is 14.9 Å². The van der Waals surface area contributed by atoms with E-state index in [0.29, 0.717) is 19.6 Å². The number of ether oxygens (including phenoxy) is 1. The lowest BCUT2D eigenvalue weighted by Gasteiger charge is -2.20. The Labute approximate surface area is 96.7 Å². The van der Waals surface area contributed by atoms with Crippen LogP contribution in [0, 0.1) is 16.0 Å². The predicted molar refractivity (Wildman–Crippen MR) is 56.6 cm³/mol. The summed E-state index contributed by atoms with van der Waals surface area (Å²) in [5.74, 6) is -0.298. The molecule has 0 aromatic carbocycles. The van der Waals surface area contributed by atoms with E-state index in [1.165, 1.54) is 6.20 Å². The van der Waals surface area contributed by atoms with E-state index in [0.717, 1.165) is 0 Å². The van der Waals surface area contributed by atoms with Gasteiger partial charge in [-0.15, -0.1) is 0 Å². The van der Waals surface area contributed by atoms with Crippen molar-refractivity contribution < 1.29 is 14.5 Å².